The fourth-order valence-corrected chi connectivity index (χ4v) is 2.66. The van der Waals surface area contributed by atoms with E-state index in [2.05, 4.69) is 5.32 Å². The largest absolute Gasteiger partial charge is 0.497 e. The van der Waals surface area contributed by atoms with E-state index in [9.17, 15) is 9.90 Å². The Morgan fingerprint density at radius 3 is 2.65 bits per heavy atom. The second-order valence-corrected chi connectivity index (χ2v) is 5.44. The zero-order chi connectivity index (χ0) is 14.4. The Morgan fingerprint density at radius 2 is 2.00 bits per heavy atom. The molecule has 110 valence electrons. The number of nitrogens with one attached hydrogen (secondary N) is 1. The van der Waals surface area contributed by atoms with Gasteiger partial charge in [0.2, 0.25) is 5.91 Å². The molecule has 2 rings (SSSR count). The fraction of sp³-hybridized carbons (Fsp3) is 0.562. The summed E-state index contributed by atoms with van der Waals surface area (Å²) < 4.78 is 5.08. The van der Waals surface area contributed by atoms with Gasteiger partial charge in [-0.1, -0.05) is 25.0 Å². The third-order valence-electron chi connectivity index (χ3n) is 3.95. The number of hydrogen-bond donors (Lipinski definition) is 2. The number of carbonyl (C=O) groups is 1. The summed E-state index contributed by atoms with van der Waals surface area (Å²) in [6, 6.07) is 7.50. The lowest BCUT2D eigenvalue weighted by molar-refractivity contribution is -0.120. The Labute approximate surface area is 120 Å². The first kappa shape index (κ1) is 14.9. The van der Waals surface area contributed by atoms with Crippen molar-refractivity contribution in [2.24, 2.45) is 5.92 Å². The topological polar surface area (TPSA) is 58.6 Å². The molecule has 1 aromatic rings. The van der Waals surface area contributed by atoms with Gasteiger partial charge >= 0.3 is 0 Å². The second-order valence-electron chi connectivity index (χ2n) is 5.44. The van der Waals surface area contributed by atoms with Crippen molar-refractivity contribution in [3.05, 3.63) is 29.8 Å². The summed E-state index contributed by atoms with van der Waals surface area (Å²) in [7, 11) is 1.62. The summed E-state index contributed by atoms with van der Waals surface area (Å²) in [5.41, 5.74) is 0.965. The van der Waals surface area contributed by atoms with Crippen LogP contribution in [0.5, 0.6) is 5.75 Å². The highest BCUT2D eigenvalue weighted by Crippen LogP contribution is 2.23. The van der Waals surface area contributed by atoms with Crippen LogP contribution in [0.3, 0.4) is 0 Å². The molecule has 4 heteroatoms. The minimum atomic E-state index is -0.259. The predicted octanol–water partition coefficient (Wildman–Crippen LogP) is 1.91. The number of aliphatic hydroxyl groups excluding tert-OH is 1. The van der Waals surface area contributed by atoms with Crippen molar-refractivity contribution in [1.29, 1.82) is 0 Å². The third-order valence-corrected chi connectivity index (χ3v) is 3.95. The minimum Gasteiger partial charge on any atom is -0.497 e. The van der Waals surface area contributed by atoms with E-state index in [1.807, 2.05) is 24.3 Å². The highest BCUT2D eigenvalue weighted by atomic mass is 16.5. The number of amides is 1. The molecular weight excluding hydrogens is 254 g/mol. The van der Waals surface area contributed by atoms with Crippen molar-refractivity contribution in [2.75, 3.05) is 13.7 Å². The van der Waals surface area contributed by atoms with Crippen LogP contribution in [0.1, 0.15) is 31.2 Å². The van der Waals surface area contributed by atoms with Crippen LogP contribution in [0, 0.1) is 5.92 Å². The monoisotopic (exact) mass is 277 g/mol. The molecule has 2 atom stereocenters. The third kappa shape index (κ3) is 4.23. The standard InChI is InChI=1S/C16H23NO3/c1-20-14-8-6-12(7-9-14)10-16(19)17-11-13-4-2-3-5-15(13)18/h6-9,13,15,18H,2-5,10-11H2,1H3,(H,17,19). The van der Waals surface area contributed by atoms with Gasteiger partial charge in [0.1, 0.15) is 5.75 Å². The number of rotatable bonds is 5. The van der Waals surface area contributed by atoms with E-state index < -0.39 is 0 Å². The van der Waals surface area contributed by atoms with Crippen LogP contribution in [-0.4, -0.2) is 30.8 Å². The first-order valence-electron chi connectivity index (χ1n) is 7.26. The van der Waals surface area contributed by atoms with Gasteiger partial charge in [-0.25, -0.2) is 0 Å². The van der Waals surface area contributed by atoms with Gasteiger partial charge in [-0.2, -0.15) is 0 Å². The van der Waals surface area contributed by atoms with Crippen LogP contribution in [-0.2, 0) is 11.2 Å². The molecule has 1 fully saturated rings. The molecule has 1 aliphatic rings. The van der Waals surface area contributed by atoms with E-state index in [0.29, 0.717) is 13.0 Å². The van der Waals surface area contributed by atoms with Crippen molar-refractivity contribution in [2.45, 2.75) is 38.2 Å². The molecule has 2 N–H and O–H groups in total. The summed E-state index contributed by atoms with van der Waals surface area (Å²) in [5, 5.41) is 12.8. The van der Waals surface area contributed by atoms with E-state index in [1.165, 1.54) is 0 Å². The van der Waals surface area contributed by atoms with Gasteiger partial charge in [-0.15, -0.1) is 0 Å². The highest BCUT2D eigenvalue weighted by Gasteiger charge is 2.23. The van der Waals surface area contributed by atoms with Gasteiger partial charge < -0.3 is 15.2 Å². The van der Waals surface area contributed by atoms with Crippen LogP contribution in [0.4, 0.5) is 0 Å². The van der Waals surface area contributed by atoms with Gasteiger partial charge in [-0.3, -0.25) is 4.79 Å². The normalized spacial score (nSPS) is 22.3. The maximum atomic E-state index is 11.9. The number of benzene rings is 1. The van der Waals surface area contributed by atoms with Crippen LogP contribution in [0.25, 0.3) is 0 Å². The van der Waals surface area contributed by atoms with E-state index >= 15 is 0 Å². The van der Waals surface area contributed by atoms with Gasteiger partial charge in [-0.05, 0) is 30.5 Å². The summed E-state index contributed by atoms with van der Waals surface area (Å²) in [6.07, 6.45) is 4.22. The first-order chi connectivity index (χ1) is 9.69. The molecule has 0 saturated heterocycles. The van der Waals surface area contributed by atoms with Crippen LogP contribution >= 0.6 is 0 Å². The molecule has 0 radical (unpaired) electrons. The van der Waals surface area contributed by atoms with Crippen molar-refractivity contribution in [3.63, 3.8) is 0 Å². The molecule has 1 saturated carbocycles. The molecule has 0 heterocycles. The first-order valence-corrected chi connectivity index (χ1v) is 7.26. The highest BCUT2D eigenvalue weighted by molar-refractivity contribution is 5.78. The molecule has 1 aromatic carbocycles. The van der Waals surface area contributed by atoms with E-state index in [0.717, 1.165) is 37.0 Å². The maximum absolute atomic E-state index is 11.9. The van der Waals surface area contributed by atoms with E-state index in [1.54, 1.807) is 7.11 Å². The zero-order valence-corrected chi connectivity index (χ0v) is 12.0. The number of aliphatic hydroxyl groups is 1. The summed E-state index contributed by atoms with van der Waals surface area (Å²) in [4.78, 5) is 11.9. The van der Waals surface area contributed by atoms with Gasteiger partial charge in [0.25, 0.3) is 0 Å². The molecule has 20 heavy (non-hydrogen) atoms. The molecule has 0 spiro atoms. The Balaban J connectivity index is 1.76. The fourth-order valence-electron chi connectivity index (χ4n) is 2.66. The average molecular weight is 277 g/mol. The predicted molar refractivity (Wildman–Crippen MR) is 77.7 cm³/mol. The van der Waals surface area contributed by atoms with Gasteiger partial charge in [0, 0.05) is 12.5 Å². The minimum absolute atomic E-state index is 0.00735. The number of methoxy groups -OCH3 is 1. The van der Waals surface area contributed by atoms with E-state index in [4.69, 9.17) is 4.74 Å². The molecule has 1 aliphatic carbocycles. The number of ether oxygens (including phenoxy) is 1. The van der Waals surface area contributed by atoms with Crippen molar-refractivity contribution < 1.29 is 14.6 Å². The molecule has 1 amide bonds. The Hall–Kier alpha value is -1.55. The van der Waals surface area contributed by atoms with Crippen molar-refractivity contribution >= 4 is 5.91 Å². The quantitative estimate of drug-likeness (QED) is 0.864. The number of hydrogen-bond acceptors (Lipinski definition) is 3. The van der Waals surface area contributed by atoms with Gasteiger partial charge in [0.15, 0.2) is 0 Å². The van der Waals surface area contributed by atoms with Crippen molar-refractivity contribution in [1.82, 2.24) is 5.32 Å². The molecule has 4 nitrogen and oxygen atoms in total. The Morgan fingerprint density at radius 1 is 1.30 bits per heavy atom. The van der Waals surface area contributed by atoms with E-state index in [-0.39, 0.29) is 17.9 Å². The van der Waals surface area contributed by atoms with Crippen LogP contribution < -0.4 is 10.1 Å². The SMILES string of the molecule is COc1ccc(CC(=O)NCC2CCCCC2O)cc1. The van der Waals surface area contributed by atoms with Crippen molar-refractivity contribution in [3.8, 4) is 5.75 Å². The van der Waals surface area contributed by atoms with Gasteiger partial charge in [0.05, 0.1) is 19.6 Å². The second kappa shape index (κ2) is 7.29. The molecule has 2 unspecified atom stereocenters. The Kier molecular flexibility index (Phi) is 5.41. The summed E-state index contributed by atoms with van der Waals surface area (Å²) in [5.74, 6) is 1.01. The van der Waals surface area contributed by atoms with Crippen LogP contribution in [0.15, 0.2) is 24.3 Å². The zero-order valence-electron chi connectivity index (χ0n) is 12.0. The van der Waals surface area contributed by atoms with Crippen LogP contribution in [0.2, 0.25) is 0 Å². The lowest BCUT2D eigenvalue weighted by Crippen LogP contribution is -2.37. The smallest absolute Gasteiger partial charge is 0.224 e. The maximum Gasteiger partial charge on any atom is 0.224 e. The molecule has 0 aromatic heterocycles. The summed E-state index contributed by atoms with van der Waals surface area (Å²) in [6.45, 7) is 0.580. The number of carbonyl (C=O) groups excluding carboxylic acids is 1. The molecule has 0 aliphatic heterocycles. The molecule has 0 bridgehead atoms. The lowest BCUT2D eigenvalue weighted by atomic mass is 9.86. The Bertz CT molecular complexity index is 430. The summed E-state index contributed by atoms with van der Waals surface area (Å²) >= 11 is 0. The molecular formula is C16H23NO3. The average Bonchev–Trinajstić information content (AvgIpc) is 2.47. The lowest BCUT2D eigenvalue weighted by Gasteiger charge is -2.27.